The van der Waals surface area contributed by atoms with Gasteiger partial charge in [0.05, 0.1) is 0 Å². The van der Waals surface area contributed by atoms with Crippen LogP contribution in [0.4, 0.5) is 12.5 Å². The molecule has 0 radical (unpaired) electrons. The van der Waals surface area contributed by atoms with E-state index < -0.39 is 44.0 Å². The Morgan fingerprint density at radius 3 is 0.905 bits per heavy atom. The standard InChI is InChI=1S/CH2Cl2O4S2.F2HNO4S2.FH.2H3N/c2-8(4,5)1-9(3,6)7;1-8(4,5)3-9(2,6)7;;;/h1H2;3H;1H;2*1H3. The molecule has 0 rings (SSSR count). The molecule has 0 bridgehead atoms. The van der Waals surface area contributed by atoms with Gasteiger partial charge in [-0.05, 0) is 0 Å². The molecule has 0 heterocycles. The molecule has 136 valence electrons. The molecule has 11 nitrogen and oxygen atoms in total. The van der Waals surface area contributed by atoms with E-state index >= 15 is 0 Å². The fourth-order valence-corrected chi connectivity index (χ4v) is 5.10. The summed E-state index contributed by atoms with van der Waals surface area (Å²) in [4.78, 5) is 0. The smallest absolute Gasteiger partial charge is 0.344 e. The predicted octanol–water partition coefficient (Wildman–Crippen LogP) is -0.438. The summed E-state index contributed by atoms with van der Waals surface area (Å²) in [7, 11) is -10.00. The second kappa shape index (κ2) is 10.7. The summed E-state index contributed by atoms with van der Waals surface area (Å²) >= 11 is 0. The Balaban J connectivity index is -0.0000000711. The lowest BCUT2D eigenvalue weighted by atomic mass is 11.9. The quantitative estimate of drug-likeness (QED) is 0.471. The van der Waals surface area contributed by atoms with Gasteiger partial charge in [-0.25, -0.2) is 16.8 Å². The third-order valence-electron chi connectivity index (χ3n) is 0.481. The van der Waals surface area contributed by atoms with Gasteiger partial charge in [-0.3, -0.25) is 4.70 Å². The second-order valence-corrected chi connectivity index (χ2v) is 10.5. The van der Waals surface area contributed by atoms with Crippen LogP contribution in [0.5, 0.6) is 0 Å². The van der Waals surface area contributed by atoms with Gasteiger partial charge in [-0.15, -0.1) is 0 Å². The summed E-state index contributed by atoms with van der Waals surface area (Å²) in [6.45, 7) is 0. The summed E-state index contributed by atoms with van der Waals surface area (Å²) < 4.78 is 99.1. The highest BCUT2D eigenvalue weighted by Crippen LogP contribution is 2.05. The predicted molar refractivity (Wildman–Crippen MR) is 70.2 cm³/mol. The van der Waals surface area contributed by atoms with E-state index in [1.165, 1.54) is 0 Å². The van der Waals surface area contributed by atoms with Crippen molar-refractivity contribution in [1.82, 2.24) is 16.4 Å². The normalized spacial score (nSPS) is 11.6. The fourth-order valence-electron chi connectivity index (χ4n) is 0.287. The van der Waals surface area contributed by atoms with Crippen LogP contribution in [0.1, 0.15) is 0 Å². The Morgan fingerprint density at radius 2 is 0.905 bits per heavy atom. The van der Waals surface area contributed by atoms with E-state index in [0.29, 0.717) is 0 Å². The van der Waals surface area contributed by atoms with Crippen molar-refractivity contribution in [3.8, 4) is 0 Å². The number of nitrogens with one attached hydrogen (secondary N) is 1. The van der Waals surface area contributed by atoms with Crippen LogP contribution < -0.4 is 16.4 Å². The highest BCUT2D eigenvalue weighted by molar-refractivity contribution is 8.28. The summed E-state index contributed by atoms with van der Waals surface area (Å²) in [5.41, 5.74) is 0. The molecule has 7 N–H and O–H groups in total. The Hall–Kier alpha value is 0.0500. The van der Waals surface area contributed by atoms with Crippen LogP contribution in [-0.4, -0.2) is 38.8 Å². The van der Waals surface area contributed by atoms with Crippen LogP contribution in [0, 0.1) is 0 Å². The molecule has 0 atom stereocenters. The molecule has 0 aromatic heterocycles. The molecule has 0 saturated carbocycles. The molecule has 0 saturated heterocycles. The molecule has 0 fully saturated rings. The first kappa shape index (κ1) is 32.8. The lowest BCUT2D eigenvalue weighted by Gasteiger charge is -1.87. The van der Waals surface area contributed by atoms with Crippen LogP contribution in [-0.2, 0) is 38.9 Å². The molecule has 0 aliphatic rings. The summed E-state index contributed by atoms with van der Waals surface area (Å²) in [6.07, 6.45) is 0. The van der Waals surface area contributed by atoms with Crippen LogP contribution >= 0.6 is 21.4 Å². The van der Waals surface area contributed by atoms with Crippen molar-refractivity contribution >= 4 is 60.3 Å². The summed E-state index contributed by atoms with van der Waals surface area (Å²) in [5, 5.41) is -1.23. The largest absolute Gasteiger partial charge is 0.387 e. The van der Waals surface area contributed by atoms with Gasteiger partial charge < -0.3 is 12.3 Å². The Bertz CT molecular complexity index is 561. The van der Waals surface area contributed by atoms with Gasteiger partial charge in [0.25, 0.3) is 0 Å². The minimum absolute atomic E-state index is 0. The van der Waals surface area contributed by atoms with E-state index in [4.69, 9.17) is 0 Å². The zero-order valence-corrected chi connectivity index (χ0v) is 14.2. The number of rotatable bonds is 4. The van der Waals surface area contributed by atoms with Crippen LogP contribution in [0.3, 0.4) is 0 Å². The third-order valence-corrected chi connectivity index (χ3v) is 5.93. The van der Waals surface area contributed by atoms with Crippen molar-refractivity contribution < 1.29 is 46.1 Å². The van der Waals surface area contributed by atoms with Crippen molar-refractivity contribution in [1.29, 1.82) is 0 Å². The maximum atomic E-state index is 11.1. The van der Waals surface area contributed by atoms with E-state index in [0.717, 1.165) is 0 Å². The van der Waals surface area contributed by atoms with Crippen molar-refractivity contribution in [2.75, 3.05) is 5.08 Å². The van der Waals surface area contributed by atoms with E-state index in [2.05, 4.69) is 21.4 Å². The molecule has 21 heavy (non-hydrogen) atoms. The van der Waals surface area contributed by atoms with E-state index in [1.807, 2.05) is 0 Å². The average molecular weight is 448 g/mol. The van der Waals surface area contributed by atoms with Gasteiger partial charge in [0.15, 0.2) is 5.08 Å². The molecule has 0 aromatic rings. The van der Waals surface area contributed by atoms with Gasteiger partial charge in [-0.1, -0.05) is 11.9 Å². The van der Waals surface area contributed by atoms with Crippen molar-refractivity contribution in [3.63, 3.8) is 0 Å². The highest BCUT2D eigenvalue weighted by atomic mass is 35.7. The zero-order chi connectivity index (χ0) is 15.4. The monoisotopic (exact) mass is 447 g/mol. The SMILES string of the molecule is F.N.N.O=S(=O)(Cl)CS(=O)(=O)Cl.O=S(=O)(F)NS(=O)(=O)F. The molecule has 0 amide bonds. The molecular formula is CH10Cl2F3N3O8S4. The number of hydrogen-bond acceptors (Lipinski definition) is 10. The number of halogens is 5. The summed E-state index contributed by atoms with van der Waals surface area (Å²) in [6, 6.07) is 0. The molecule has 0 aliphatic carbocycles. The Labute approximate surface area is 128 Å². The molecule has 0 aromatic carbocycles. The van der Waals surface area contributed by atoms with E-state index in [1.54, 1.807) is 0 Å². The van der Waals surface area contributed by atoms with Crippen LogP contribution in [0.2, 0.25) is 0 Å². The first-order valence-electron chi connectivity index (χ1n) is 2.94. The van der Waals surface area contributed by atoms with Gasteiger partial charge in [0.1, 0.15) is 0 Å². The van der Waals surface area contributed by atoms with Gasteiger partial charge >= 0.3 is 20.8 Å². The van der Waals surface area contributed by atoms with Gasteiger partial charge in [0.2, 0.25) is 18.1 Å². The van der Waals surface area contributed by atoms with Crippen LogP contribution in [0.25, 0.3) is 0 Å². The van der Waals surface area contributed by atoms with E-state index in [-0.39, 0.29) is 21.1 Å². The highest BCUT2D eigenvalue weighted by Gasteiger charge is 2.17. The van der Waals surface area contributed by atoms with Gasteiger partial charge in [0, 0.05) is 21.4 Å². The Morgan fingerprint density at radius 1 is 0.714 bits per heavy atom. The van der Waals surface area contributed by atoms with Crippen molar-refractivity contribution in [2.45, 2.75) is 0 Å². The van der Waals surface area contributed by atoms with Gasteiger partial charge in [-0.2, -0.15) is 16.8 Å². The first-order valence-corrected chi connectivity index (χ1v) is 10.7. The zero-order valence-electron chi connectivity index (χ0n) is 9.44. The molecule has 20 heteroatoms. The number of hydrogen-bond donors (Lipinski definition) is 3. The van der Waals surface area contributed by atoms with Crippen molar-refractivity contribution in [2.24, 2.45) is 0 Å². The average Bonchev–Trinajstić information content (AvgIpc) is 1.64. The maximum absolute atomic E-state index is 11.1. The van der Waals surface area contributed by atoms with Crippen molar-refractivity contribution in [3.05, 3.63) is 0 Å². The lowest BCUT2D eigenvalue weighted by molar-refractivity contribution is 0.527. The fraction of sp³-hybridized carbons (Fsp3) is 1.00. The van der Waals surface area contributed by atoms with E-state index in [9.17, 15) is 41.4 Å². The first-order chi connectivity index (χ1) is 7.41. The minimum Gasteiger partial charge on any atom is -0.344 e. The molecule has 0 aliphatic heterocycles. The minimum atomic E-state index is -5.49. The maximum Gasteiger partial charge on any atom is 0.387 e. The Kier molecular flexibility index (Phi) is 16.8. The van der Waals surface area contributed by atoms with Crippen LogP contribution in [0.15, 0.2) is 0 Å². The summed E-state index contributed by atoms with van der Waals surface area (Å²) in [5.74, 6) is 0. The third kappa shape index (κ3) is 45.0. The topological polar surface area (TPSA) is 219 Å². The molecule has 0 spiro atoms. The lowest BCUT2D eigenvalue weighted by Crippen LogP contribution is -2.23. The molecule has 0 unspecified atom stereocenters. The molecular weight excluding hydrogens is 438 g/mol. The second-order valence-electron chi connectivity index (χ2n) is 2.15.